The van der Waals surface area contributed by atoms with Gasteiger partial charge in [0, 0.05) is 35.6 Å². The van der Waals surface area contributed by atoms with Crippen molar-refractivity contribution in [3.8, 4) is 16.9 Å². The summed E-state index contributed by atoms with van der Waals surface area (Å²) in [4.78, 5) is 42.0. The fourth-order valence-corrected chi connectivity index (χ4v) is 4.09. The van der Waals surface area contributed by atoms with Crippen LogP contribution in [0.25, 0.3) is 22.2 Å². The van der Waals surface area contributed by atoms with Gasteiger partial charge in [0.25, 0.3) is 5.56 Å². The van der Waals surface area contributed by atoms with Crippen LogP contribution >= 0.6 is 11.6 Å². The molecule has 196 valence electrons. The number of fused-ring (bicyclic) bond motifs is 1. The van der Waals surface area contributed by atoms with Crippen LogP contribution in [0.1, 0.15) is 23.7 Å². The zero-order valence-electron chi connectivity index (χ0n) is 20.9. The summed E-state index contributed by atoms with van der Waals surface area (Å²) in [6, 6.07) is 17.3. The smallest absolute Gasteiger partial charge is 0.411 e. The van der Waals surface area contributed by atoms with Gasteiger partial charge in [-0.2, -0.15) is 0 Å². The molecule has 2 aromatic heterocycles. The molecule has 0 atom stereocenters. The summed E-state index contributed by atoms with van der Waals surface area (Å²) < 4.78 is 17.6. The molecule has 0 aliphatic carbocycles. The Morgan fingerprint density at radius 2 is 1.84 bits per heavy atom. The number of esters is 1. The van der Waals surface area contributed by atoms with Gasteiger partial charge in [-0.1, -0.05) is 29.8 Å². The highest BCUT2D eigenvalue weighted by atomic mass is 35.5. The van der Waals surface area contributed by atoms with Crippen LogP contribution in [0.15, 0.2) is 71.7 Å². The van der Waals surface area contributed by atoms with Gasteiger partial charge >= 0.3 is 12.1 Å². The largest absolute Gasteiger partial charge is 0.493 e. The molecule has 1 N–H and O–H groups in total. The number of rotatable bonds is 9. The Kier molecular flexibility index (Phi) is 8.60. The molecule has 1 amide bonds. The Morgan fingerprint density at radius 1 is 1.03 bits per heavy atom. The average molecular weight is 536 g/mol. The van der Waals surface area contributed by atoms with Crippen molar-refractivity contribution in [2.45, 2.75) is 13.3 Å². The molecule has 2 aromatic carbocycles. The van der Waals surface area contributed by atoms with Crippen LogP contribution in [0, 0.1) is 0 Å². The number of nitrogens with one attached hydrogen (secondary N) is 1. The number of aryl methyl sites for hydroxylation is 1. The van der Waals surface area contributed by atoms with E-state index in [0.29, 0.717) is 51.5 Å². The maximum atomic E-state index is 13.2. The van der Waals surface area contributed by atoms with Crippen molar-refractivity contribution in [2.24, 2.45) is 7.05 Å². The molecule has 0 bridgehead atoms. The van der Waals surface area contributed by atoms with Gasteiger partial charge in [-0.25, -0.2) is 14.6 Å². The van der Waals surface area contributed by atoms with Gasteiger partial charge in [0.1, 0.15) is 17.1 Å². The Bertz CT molecular complexity index is 1540. The van der Waals surface area contributed by atoms with Gasteiger partial charge in [-0.3, -0.25) is 14.7 Å². The van der Waals surface area contributed by atoms with Gasteiger partial charge in [-0.15, -0.1) is 0 Å². The Labute approximate surface area is 223 Å². The number of aromatic nitrogens is 2. The first kappa shape index (κ1) is 26.7. The van der Waals surface area contributed by atoms with E-state index in [4.69, 9.17) is 25.8 Å². The van der Waals surface area contributed by atoms with Crippen LogP contribution < -0.4 is 15.6 Å². The second kappa shape index (κ2) is 12.2. The van der Waals surface area contributed by atoms with Crippen molar-refractivity contribution in [3.05, 3.63) is 87.8 Å². The molecule has 0 saturated heterocycles. The van der Waals surface area contributed by atoms with E-state index in [1.54, 1.807) is 68.7 Å². The first-order valence-electron chi connectivity index (χ1n) is 12.0. The number of carbonyl (C=O) groups is 2. The minimum absolute atomic E-state index is 0.0801. The zero-order valence-corrected chi connectivity index (χ0v) is 21.7. The number of pyridine rings is 2. The third-order valence-electron chi connectivity index (χ3n) is 5.62. The van der Waals surface area contributed by atoms with E-state index >= 15 is 0 Å². The third-order valence-corrected chi connectivity index (χ3v) is 5.85. The molecule has 38 heavy (non-hydrogen) atoms. The van der Waals surface area contributed by atoms with E-state index in [0.717, 1.165) is 0 Å². The first-order chi connectivity index (χ1) is 18.4. The Hall–Kier alpha value is -4.37. The van der Waals surface area contributed by atoms with E-state index < -0.39 is 17.6 Å². The maximum Gasteiger partial charge on any atom is 0.411 e. The lowest BCUT2D eigenvalue weighted by Crippen LogP contribution is -2.26. The summed E-state index contributed by atoms with van der Waals surface area (Å²) in [5.41, 5.74) is 1.66. The van der Waals surface area contributed by atoms with Gasteiger partial charge < -0.3 is 14.2 Å². The summed E-state index contributed by atoms with van der Waals surface area (Å²) in [5, 5.41) is 3.73. The number of ether oxygens (including phenoxy) is 3. The van der Waals surface area contributed by atoms with Crippen molar-refractivity contribution in [2.75, 3.05) is 25.1 Å². The lowest BCUT2D eigenvalue weighted by atomic mass is 10.00. The first-order valence-corrected chi connectivity index (χ1v) is 12.3. The Balaban J connectivity index is 1.52. The van der Waals surface area contributed by atoms with Crippen molar-refractivity contribution in [1.82, 2.24) is 9.55 Å². The van der Waals surface area contributed by atoms with Crippen LogP contribution in [0.4, 0.5) is 10.5 Å². The molecule has 0 aliphatic rings. The minimum atomic E-state index is -0.728. The highest BCUT2D eigenvalue weighted by molar-refractivity contribution is 6.30. The number of amides is 1. The molecule has 4 rings (SSSR count). The third kappa shape index (κ3) is 6.12. The number of halogens is 1. The van der Waals surface area contributed by atoms with E-state index in [9.17, 15) is 14.4 Å². The SMILES string of the molecule is CCOC(=O)Nc1c(-c2cccc(OCCCOC(=O)c3cccc(Cl)c3)c2)c2cccnc2n(C)c1=O. The predicted octanol–water partition coefficient (Wildman–Crippen LogP) is 5.45. The molecular weight excluding hydrogens is 510 g/mol. The van der Waals surface area contributed by atoms with Crippen LogP contribution in [0.3, 0.4) is 0 Å². The molecule has 0 radical (unpaired) electrons. The highest BCUT2D eigenvalue weighted by Crippen LogP contribution is 2.34. The number of nitrogens with zero attached hydrogens (tertiary/aromatic N) is 2. The minimum Gasteiger partial charge on any atom is -0.493 e. The monoisotopic (exact) mass is 535 g/mol. The summed E-state index contributed by atoms with van der Waals surface area (Å²) in [6.45, 7) is 2.30. The van der Waals surface area contributed by atoms with E-state index in [-0.39, 0.29) is 18.9 Å². The topological polar surface area (TPSA) is 109 Å². The second-order valence-electron chi connectivity index (χ2n) is 8.21. The summed E-state index contributed by atoms with van der Waals surface area (Å²) in [5.74, 6) is 0.0886. The lowest BCUT2D eigenvalue weighted by Gasteiger charge is -2.16. The van der Waals surface area contributed by atoms with Crippen molar-refractivity contribution >= 4 is 40.4 Å². The zero-order chi connectivity index (χ0) is 27.1. The number of anilines is 1. The van der Waals surface area contributed by atoms with E-state index in [1.165, 1.54) is 4.57 Å². The second-order valence-corrected chi connectivity index (χ2v) is 8.65. The fourth-order valence-electron chi connectivity index (χ4n) is 3.90. The fraction of sp³-hybridized carbons (Fsp3) is 0.214. The molecule has 0 saturated carbocycles. The van der Waals surface area contributed by atoms with Crippen LogP contribution in [0.5, 0.6) is 5.75 Å². The molecular formula is C28H26ClN3O6. The number of hydrogen-bond donors (Lipinski definition) is 1. The molecule has 0 fully saturated rings. The molecule has 0 aliphatic heterocycles. The Morgan fingerprint density at radius 3 is 2.63 bits per heavy atom. The quantitative estimate of drug-likeness (QED) is 0.224. The standard InChI is InChI=1S/C28H26ClN3O6/c1-3-36-28(35)31-24-23(22-12-6-13-30-25(22)32(2)26(24)33)18-8-5-11-21(17-18)37-14-7-15-38-27(34)19-9-4-10-20(29)16-19/h4-6,8-13,16-17H,3,7,14-15H2,1-2H3,(H,31,35). The predicted molar refractivity (Wildman–Crippen MR) is 145 cm³/mol. The van der Waals surface area contributed by atoms with E-state index in [1.807, 2.05) is 12.1 Å². The molecule has 0 spiro atoms. The van der Waals surface area contributed by atoms with Gasteiger partial charge in [0.15, 0.2) is 0 Å². The maximum absolute atomic E-state index is 13.2. The summed E-state index contributed by atoms with van der Waals surface area (Å²) in [6.07, 6.45) is 1.34. The van der Waals surface area contributed by atoms with Gasteiger partial charge in [0.2, 0.25) is 0 Å². The van der Waals surface area contributed by atoms with Crippen molar-refractivity contribution < 1.29 is 23.8 Å². The van der Waals surface area contributed by atoms with Crippen molar-refractivity contribution in [1.29, 1.82) is 0 Å². The lowest BCUT2D eigenvalue weighted by molar-refractivity contribution is 0.0486. The number of carbonyl (C=O) groups excluding carboxylic acids is 2. The number of benzene rings is 2. The van der Waals surface area contributed by atoms with Crippen LogP contribution in [-0.2, 0) is 16.5 Å². The molecule has 0 unspecified atom stereocenters. The molecule has 9 nitrogen and oxygen atoms in total. The molecule has 10 heteroatoms. The van der Waals surface area contributed by atoms with Gasteiger partial charge in [-0.05, 0) is 55.0 Å². The number of hydrogen-bond acceptors (Lipinski definition) is 7. The van der Waals surface area contributed by atoms with Gasteiger partial charge in [0.05, 0.1) is 25.4 Å². The summed E-state index contributed by atoms with van der Waals surface area (Å²) >= 11 is 5.92. The highest BCUT2D eigenvalue weighted by Gasteiger charge is 2.20. The average Bonchev–Trinajstić information content (AvgIpc) is 2.92. The normalized spacial score (nSPS) is 10.7. The van der Waals surface area contributed by atoms with Crippen LogP contribution in [0.2, 0.25) is 5.02 Å². The summed E-state index contributed by atoms with van der Waals surface area (Å²) in [7, 11) is 1.59. The van der Waals surface area contributed by atoms with E-state index in [2.05, 4.69) is 10.3 Å². The van der Waals surface area contributed by atoms with Crippen molar-refractivity contribution in [3.63, 3.8) is 0 Å². The molecule has 4 aromatic rings. The van der Waals surface area contributed by atoms with Crippen LogP contribution in [-0.4, -0.2) is 41.4 Å². The molecule has 2 heterocycles.